The third-order valence-corrected chi connectivity index (χ3v) is 2.33. The van der Waals surface area contributed by atoms with Gasteiger partial charge in [-0.15, -0.1) is 0 Å². The van der Waals surface area contributed by atoms with Crippen molar-refractivity contribution in [2.24, 2.45) is 0 Å². The molecule has 2 heteroatoms. The van der Waals surface area contributed by atoms with Gasteiger partial charge in [-0.05, 0) is 12.1 Å². The molecule has 0 atom stereocenters. The van der Waals surface area contributed by atoms with Crippen LogP contribution in [0, 0.1) is 0 Å². The van der Waals surface area contributed by atoms with Crippen molar-refractivity contribution in [1.29, 1.82) is 0 Å². The van der Waals surface area contributed by atoms with E-state index >= 15 is 0 Å². The van der Waals surface area contributed by atoms with Crippen LogP contribution in [0.15, 0.2) is 24.3 Å². The summed E-state index contributed by atoms with van der Waals surface area (Å²) in [6.45, 7) is 0. The Balaban J connectivity index is 0.000000146. The van der Waals surface area contributed by atoms with Gasteiger partial charge in [0.2, 0.25) is 0 Å². The van der Waals surface area contributed by atoms with Crippen LogP contribution in [0.5, 0.6) is 11.5 Å². The molecule has 1 aliphatic rings. The normalized spacial score (nSPS) is 15.4. The van der Waals surface area contributed by atoms with Gasteiger partial charge in [-0.2, -0.15) is 0 Å². The van der Waals surface area contributed by atoms with E-state index in [4.69, 9.17) is 10.2 Å². The van der Waals surface area contributed by atoms with Crippen LogP contribution >= 0.6 is 0 Å². The summed E-state index contributed by atoms with van der Waals surface area (Å²) in [7, 11) is 0. The predicted molar refractivity (Wildman–Crippen MR) is 57.5 cm³/mol. The summed E-state index contributed by atoms with van der Waals surface area (Å²) < 4.78 is 0. The average molecular weight is 194 g/mol. The van der Waals surface area contributed by atoms with Crippen molar-refractivity contribution in [3.8, 4) is 11.5 Å². The van der Waals surface area contributed by atoms with Crippen LogP contribution in [0.3, 0.4) is 0 Å². The Morgan fingerprint density at radius 3 is 1.29 bits per heavy atom. The van der Waals surface area contributed by atoms with Crippen molar-refractivity contribution < 1.29 is 10.2 Å². The van der Waals surface area contributed by atoms with Gasteiger partial charge < -0.3 is 10.2 Å². The van der Waals surface area contributed by atoms with Gasteiger partial charge in [0.25, 0.3) is 0 Å². The molecule has 1 saturated carbocycles. The van der Waals surface area contributed by atoms with Crippen molar-refractivity contribution >= 4 is 0 Å². The van der Waals surface area contributed by atoms with Gasteiger partial charge >= 0.3 is 0 Å². The minimum absolute atomic E-state index is 0.0880. The van der Waals surface area contributed by atoms with Crippen LogP contribution in [-0.4, -0.2) is 10.2 Å². The summed E-state index contributed by atoms with van der Waals surface area (Å²) in [5.41, 5.74) is 0. The summed E-state index contributed by atoms with van der Waals surface area (Å²) in [6.07, 6.45) is 9.00. The molecule has 0 heterocycles. The van der Waals surface area contributed by atoms with Crippen molar-refractivity contribution in [1.82, 2.24) is 0 Å². The molecule has 2 rings (SSSR count). The molecule has 0 aromatic heterocycles. The lowest BCUT2D eigenvalue weighted by Gasteiger charge is -2.05. The Morgan fingerprint density at radius 2 is 1.07 bits per heavy atom. The largest absolute Gasteiger partial charge is 0.508 e. The van der Waals surface area contributed by atoms with Gasteiger partial charge in [-0.3, -0.25) is 0 Å². The zero-order valence-electron chi connectivity index (χ0n) is 8.45. The lowest BCUT2D eigenvalue weighted by molar-refractivity contribution is 0.450. The number of phenolic OH excluding ortho intramolecular Hbond substituents is 2. The minimum Gasteiger partial charge on any atom is -0.508 e. The summed E-state index contributed by atoms with van der Waals surface area (Å²) in [6, 6.07) is 5.85. The summed E-state index contributed by atoms with van der Waals surface area (Å²) in [5, 5.41) is 17.3. The first-order valence-electron chi connectivity index (χ1n) is 5.27. The molecule has 0 unspecified atom stereocenters. The Morgan fingerprint density at radius 1 is 0.714 bits per heavy atom. The highest BCUT2D eigenvalue weighted by Crippen LogP contribution is 2.15. The van der Waals surface area contributed by atoms with E-state index < -0.39 is 0 Å². The molecular weight excluding hydrogens is 176 g/mol. The maximum atomic E-state index is 8.65. The highest BCUT2D eigenvalue weighted by Gasteiger charge is 1.95. The van der Waals surface area contributed by atoms with Crippen LogP contribution in [0.25, 0.3) is 0 Å². The average Bonchev–Trinajstić information content (AvgIpc) is 2.21. The first-order chi connectivity index (χ1) is 6.79. The molecule has 1 aromatic rings. The fraction of sp³-hybridized carbons (Fsp3) is 0.500. The van der Waals surface area contributed by atoms with Gasteiger partial charge in [0.15, 0.2) is 0 Å². The van der Waals surface area contributed by atoms with Crippen LogP contribution < -0.4 is 0 Å². The number of hydrogen-bond acceptors (Lipinski definition) is 2. The lowest BCUT2D eigenvalue weighted by atomic mass is 10.0. The van der Waals surface area contributed by atoms with Gasteiger partial charge in [0, 0.05) is 6.07 Å². The van der Waals surface area contributed by atoms with E-state index in [0.29, 0.717) is 0 Å². The first-order valence-corrected chi connectivity index (χ1v) is 5.27. The third-order valence-electron chi connectivity index (χ3n) is 2.33. The summed E-state index contributed by atoms with van der Waals surface area (Å²) in [4.78, 5) is 0. The van der Waals surface area contributed by atoms with Crippen LogP contribution in [0.2, 0.25) is 0 Å². The summed E-state index contributed by atoms with van der Waals surface area (Å²) in [5.74, 6) is 0.176. The highest BCUT2D eigenvalue weighted by molar-refractivity contribution is 5.30. The molecule has 1 fully saturated rings. The Hall–Kier alpha value is -1.18. The van der Waals surface area contributed by atoms with E-state index in [-0.39, 0.29) is 11.5 Å². The molecule has 0 saturated heterocycles. The number of phenols is 2. The predicted octanol–water partition coefficient (Wildman–Crippen LogP) is 3.44. The maximum Gasteiger partial charge on any atom is 0.119 e. The van der Waals surface area contributed by atoms with E-state index in [1.54, 1.807) is 6.07 Å². The Labute approximate surface area is 85.2 Å². The molecule has 14 heavy (non-hydrogen) atoms. The van der Waals surface area contributed by atoms with Gasteiger partial charge in [0.05, 0.1) is 0 Å². The summed E-state index contributed by atoms with van der Waals surface area (Å²) >= 11 is 0. The van der Waals surface area contributed by atoms with Gasteiger partial charge in [-0.1, -0.05) is 44.6 Å². The van der Waals surface area contributed by atoms with E-state index in [9.17, 15) is 0 Å². The number of hydrogen-bond donors (Lipinski definition) is 2. The Kier molecular flexibility index (Phi) is 4.90. The number of rotatable bonds is 0. The lowest BCUT2D eigenvalue weighted by Crippen LogP contribution is -1.85. The zero-order chi connectivity index (χ0) is 10.2. The third kappa shape index (κ3) is 4.75. The molecule has 1 aromatic carbocycles. The molecule has 0 amide bonds. The molecule has 0 radical (unpaired) electrons. The van der Waals surface area contributed by atoms with E-state index in [1.807, 2.05) is 0 Å². The second kappa shape index (κ2) is 6.30. The fourth-order valence-electron chi connectivity index (χ4n) is 1.55. The van der Waals surface area contributed by atoms with Crippen LogP contribution in [0.1, 0.15) is 38.5 Å². The number of aromatic hydroxyl groups is 2. The monoisotopic (exact) mass is 194 g/mol. The highest BCUT2D eigenvalue weighted by atomic mass is 16.3. The van der Waals surface area contributed by atoms with Gasteiger partial charge in [-0.25, -0.2) is 0 Å². The fourth-order valence-corrected chi connectivity index (χ4v) is 1.55. The molecular formula is C12H18O2. The smallest absolute Gasteiger partial charge is 0.119 e. The number of benzene rings is 1. The van der Waals surface area contributed by atoms with E-state index in [2.05, 4.69) is 0 Å². The van der Waals surface area contributed by atoms with Crippen molar-refractivity contribution in [2.75, 3.05) is 0 Å². The van der Waals surface area contributed by atoms with Crippen LogP contribution in [-0.2, 0) is 0 Å². The molecule has 0 aliphatic heterocycles. The Bertz CT molecular complexity index is 225. The van der Waals surface area contributed by atoms with Crippen molar-refractivity contribution in [3.63, 3.8) is 0 Å². The second-order valence-electron chi connectivity index (χ2n) is 3.64. The zero-order valence-corrected chi connectivity index (χ0v) is 8.45. The molecule has 0 spiro atoms. The molecule has 2 N–H and O–H groups in total. The standard InChI is InChI=1S/C6H6O2.C6H12/c7-5-2-1-3-6(8)4-5;1-2-4-6-5-3-1/h1-4,7-8H;1-6H2. The molecule has 2 nitrogen and oxygen atoms in total. The molecule has 0 bridgehead atoms. The minimum atomic E-state index is 0.0880. The van der Waals surface area contributed by atoms with E-state index in [1.165, 1.54) is 56.7 Å². The quantitative estimate of drug-likeness (QED) is 0.664. The van der Waals surface area contributed by atoms with Crippen molar-refractivity contribution in [3.05, 3.63) is 24.3 Å². The molecule has 1 aliphatic carbocycles. The second-order valence-corrected chi connectivity index (χ2v) is 3.64. The maximum absolute atomic E-state index is 8.65. The molecule has 78 valence electrons. The first kappa shape index (κ1) is 10.9. The van der Waals surface area contributed by atoms with E-state index in [0.717, 1.165) is 0 Å². The topological polar surface area (TPSA) is 40.5 Å². The van der Waals surface area contributed by atoms with Crippen molar-refractivity contribution in [2.45, 2.75) is 38.5 Å². The SMILES string of the molecule is C1CCCCC1.Oc1cccc(O)c1. The van der Waals surface area contributed by atoms with Gasteiger partial charge in [0.1, 0.15) is 11.5 Å². The van der Waals surface area contributed by atoms with Crippen LogP contribution in [0.4, 0.5) is 0 Å².